The van der Waals surface area contributed by atoms with E-state index in [0.29, 0.717) is 23.1 Å². The second-order valence-electron chi connectivity index (χ2n) is 17.2. The lowest BCUT2D eigenvalue weighted by Crippen LogP contribution is -2.10. The highest BCUT2D eigenvalue weighted by molar-refractivity contribution is 6.24. The highest BCUT2D eigenvalue weighted by atomic mass is 16.4. The van der Waals surface area contributed by atoms with E-state index in [0.717, 1.165) is 99.5 Å². The Labute approximate surface area is 371 Å². The topological polar surface area (TPSA) is 60.9 Å². The lowest BCUT2D eigenvalue weighted by molar-refractivity contribution is 0.637. The van der Waals surface area contributed by atoms with Gasteiger partial charge >= 0.3 is 0 Å². The van der Waals surface area contributed by atoms with Crippen molar-refractivity contribution in [1.29, 1.82) is 5.26 Å². The van der Waals surface area contributed by atoms with E-state index >= 15 is 0 Å². The largest absolute Gasteiger partial charge is 0.451 e. The molecular formula is C58H42N4O2. The van der Waals surface area contributed by atoms with Gasteiger partial charge in [0.15, 0.2) is 16.9 Å². The van der Waals surface area contributed by atoms with Crippen LogP contribution in [-0.4, -0.2) is 0 Å². The summed E-state index contributed by atoms with van der Waals surface area (Å²) in [6.07, 6.45) is 0. The Morgan fingerprint density at radius 1 is 0.422 bits per heavy atom. The van der Waals surface area contributed by atoms with Crippen molar-refractivity contribution in [3.05, 3.63) is 198 Å². The normalized spacial score (nSPS) is 11.7. The molecule has 2 aromatic heterocycles. The number of benzene rings is 9. The van der Waals surface area contributed by atoms with Crippen molar-refractivity contribution in [3.63, 3.8) is 0 Å². The van der Waals surface area contributed by atoms with E-state index in [4.69, 9.17) is 15.4 Å². The number of nitriles is 1. The van der Waals surface area contributed by atoms with Gasteiger partial charge in [0, 0.05) is 66.4 Å². The molecule has 0 amide bonds. The van der Waals surface area contributed by atoms with Crippen LogP contribution in [0.5, 0.6) is 0 Å². The summed E-state index contributed by atoms with van der Waals surface area (Å²) < 4.78 is 13.8. The molecule has 6 heteroatoms. The van der Waals surface area contributed by atoms with Crippen LogP contribution in [0.1, 0.15) is 56.2 Å². The molecule has 0 saturated heterocycles. The molecular weight excluding hydrogens is 785 g/mol. The third kappa shape index (κ3) is 6.39. The maximum Gasteiger partial charge on any atom is 0.187 e. The van der Waals surface area contributed by atoms with Gasteiger partial charge in [-0.25, -0.2) is 4.85 Å². The molecule has 306 valence electrons. The standard InChI is InChI=1S/C58H42N4O2/c1-35(2)38-8-18-44(19-9-38)61(43-16-6-37(34-59)7-17-43)47-24-28-49-40(32-47)12-26-51-53-30-31-54-52-27-13-41-33-48(25-29-50(41)56(52)64-58(54)57(53)63-55(49)51)62(46-22-14-42(60-5)15-23-46)45-20-10-39(11-21-45)36(3)4/h6-33,35-36H,1-4H3. The first-order valence-electron chi connectivity index (χ1n) is 21.7. The number of fused-ring (bicyclic) bond motifs is 11. The Balaban J connectivity index is 1.01. The molecule has 0 fully saturated rings. The second kappa shape index (κ2) is 15.2. The minimum Gasteiger partial charge on any atom is -0.451 e. The summed E-state index contributed by atoms with van der Waals surface area (Å²) in [6, 6.07) is 61.2. The maximum atomic E-state index is 9.51. The summed E-state index contributed by atoms with van der Waals surface area (Å²) in [5.74, 6) is 0.855. The Morgan fingerprint density at radius 3 is 1.16 bits per heavy atom. The molecule has 0 atom stereocenters. The third-order valence-electron chi connectivity index (χ3n) is 12.7. The van der Waals surface area contributed by atoms with Crippen LogP contribution in [0, 0.1) is 17.9 Å². The number of rotatable bonds is 8. The molecule has 11 aromatic rings. The quantitative estimate of drug-likeness (QED) is 0.143. The lowest BCUT2D eigenvalue weighted by Gasteiger charge is -2.26. The van der Waals surface area contributed by atoms with Crippen molar-refractivity contribution in [2.75, 3.05) is 9.80 Å². The molecule has 64 heavy (non-hydrogen) atoms. The average molecular weight is 827 g/mol. The minimum absolute atomic E-state index is 0.426. The van der Waals surface area contributed by atoms with E-state index in [2.05, 4.69) is 170 Å². The zero-order valence-electron chi connectivity index (χ0n) is 35.9. The molecule has 0 unspecified atom stereocenters. The van der Waals surface area contributed by atoms with Crippen molar-refractivity contribution in [2.45, 2.75) is 39.5 Å². The van der Waals surface area contributed by atoms with E-state index in [-0.39, 0.29) is 0 Å². The summed E-state index contributed by atoms with van der Waals surface area (Å²) in [5, 5.41) is 17.7. The highest BCUT2D eigenvalue weighted by Crippen LogP contribution is 2.45. The fourth-order valence-corrected chi connectivity index (χ4v) is 9.17. The molecule has 0 spiro atoms. The zero-order valence-corrected chi connectivity index (χ0v) is 35.9. The molecule has 0 aliphatic rings. The van der Waals surface area contributed by atoms with Crippen molar-refractivity contribution in [2.24, 2.45) is 0 Å². The van der Waals surface area contributed by atoms with Crippen LogP contribution in [0.4, 0.5) is 39.8 Å². The molecule has 9 aromatic carbocycles. The van der Waals surface area contributed by atoms with Gasteiger partial charge in [0.25, 0.3) is 0 Å². The monoisotopic (exact) mass is 826 g/mol. The summed E-state index contributed by atoms with van der Waals surface area (Å²) in [6.45, 7) is 16.3. The summed E-state index contributed by atoms with van der Waals surface area (Å²) in [7, 11) is 0. The van der Waals surface area contributed by atoms with Gasteiger partial charge in [0.2, 0.25) is 0 Å². The van der Waals surface area contributed by atoms with Crippen LogP contribution >= 0.6 is 0 Å². The first-order chi connectivity index (χ1) is 31.3. The van der Waals surface area contributed by atoms with Gasteiger partial charge in [0.05, 0.1) is 18.2 Å². The highest BCUT2D eigenvalue weighted by Gasteiger charge is 2.21. The summed E-state index contributed by atoms with van der Waals surface area (Å²) >= 11 is 0. The second-order valence-corrected chi connectivity index (χ2v) is 17.2. The molecule has 11 rings (SSSR count). The van der Waals surface area contributed by atoms with Crippen LogP contribution < -0.4 is 9.80 Å². The van der Waals surface area contributed by atoms with E-state index in [1.165, 1.54) is 11.1 Å². The Bertz CT molecular complexity index is 3430. The molecule has 0 radical (unpaired) electrons. The molecule has 6 nitrogen and oxygen atoms in total. The van der Waals surface area contributed by atoms with E-state index < -0.39 is 0 Å². The SMILES string of the molecule is [C-]#[N+]c1ccc(N(c2ccc(C(C)C)cc2)c2ccc3c(ccc4c5ccc6c7ccc8cc(N(c9ccc(C#N)cc9)c9ccc(C(C)C)cc9)ccc8c7oc6c5oc34)c2)cc1. The average Bonchev–Trinajstić information content (AvgIpc) is 3.92. The Hall–Kier alpha value is -8.32. The van der Waals surface area contributed by atoms with Gasteiger partial charge < -0.3 is 18.6 Å². The molecule has 0 bridgehead atoms. The first kappa shape index (κ1) is 38.6. The van der Waals surface area contributed by atoms with Gasteiger partial charge in [-0.05, 0) is 155 Å². The van der Waals surface area contributed by atoms with Gasteiger partial charge in [-0.2, -0.15) is 5.26 Å². The predicted molar refractivity (Wildman–Crippen MR) is 265 cm³/mol. The van der Waals surface area contributed by atoms with E-state index in [1.54, 1.807) is 0 Å². The van der Waals surface area contributed by atoms with Crippen molar-refractivity contribution in [3.8, 4) is 6.07 Å². The lowest BCUT2D eigenvalue weighted by atomic mass is 10.0. The van der Waals surface area contributed by atoms with Crippen LogP contribution in [-0.2, 0) is 0 Å². The summed E-state index contributed by atoms with van der Waals surface area (Å²) in [5.41, 5.74) is 12.9. The number of hydrogen-bond donors (Lipinski definition) is 0. The van der Waals surface area contributed by atoms with Crippen LogP contribution in [0.15, 0.2) is 179 Å². The van der Waals surface area contributed by atoms with E-state index in [9.17, 15) is 5.26 Å². The minimum atomic E-state index is 0.426. The van der Waals surface area contributed by atoms with Crippen molar-refractivity contribution in [1.82, 2.24) is 0 Å². The maximum absolute atomic E-state index is 9.51. The zero-order chi connectivity index (χ0) is 43.6. The molecule has 0 aliphatic carbocycles. The predicted octanol–water partition coefficient (Wildman–Crippen LogP) is 17.4. The fourth-order valence-electron chi connectivity index (χ4n) is 9.17. The number of furan rings is 2. The number of nitrogens with zero attached hydrogens (tertiary/aromatic N) is 4. The van der Waals surface area contributed by atoms with Gasteiger partial charge in [-0.3, -0.25) is 0 Å². The Morgan fingerprint density at radius 2 is 0.766 bits per heavy atom. The van der Waals surface area contributed by atoms with Crippen LogP contribution in [0.25, 0.3) is 70.3 Å². The third-order valence-corrected chi connectivity index (χ3v) is 12.7. The summed E-state index contributed by atoms with van der Waals surface area (Å²) in [4.78, 5) is 8.09. The van der Waals surface area contributed by atoms with Gasteiger partial charge in [0.1, 0.15) is 11.2 Å². The smallest absolute Gasteiger partial charge is 0.187 e. The fraction of sp³-hybridized carbons (Fsp3) is 0.103. The molecule has 0 N–H and O–H groups in total. The number of anilines is 6. The van der Waals surface area contributed by atoms with Crippen LogP contribution in [0.2, 0.25) is 0 Å². The Kier molecular flexibility index (Phi) is 9.19. The number of hydrogen-bond acceptors (Lipinski definition) is 5. The molecule has 0 saturated carbocycles. The van der Waals surface area contributed by atoms with Crippen LogP contribution in [0.3, 0.4) is 0 Å². The molecule has 2 heterocycles. The first-order valence-corrected chi connectivity index (χ1v) is 21.7. The van der Waals surface area contributed by atoms with Gasteiger partial charge in [-0.1, -0.05) is 76.2 Å². The van der Waals surface area contributed by atoms with Crippen molar-refractivity contribution < 1.29 is 8.83 Å². The van der Waals surface area contributed by atoms with Gasteiger partial charge in [-0.15, -0.1) is 0 Å². The molecule has 0 aliphatic heterocycles. The van der Waals surface area contributed by atoms with Crippen molar-refractivity contribution >= 4 is 105 Å². The van der Waals surface area contributed by atoms with E-state index in [1.807, 2.05) is 48.5 Å².